The van der Waals surface area contributed by atoms with Gasteiger partial charge >= 0.3 is 0 Å². The molecule has 1 aromatic heterocycles. The summed E-state index contributed by atoms with van der Waals surface area (Å²) >= 11 is 0. The Balaban J connectivity index is 1.97. The van der Waals surface area contributed by atoms with Crippen LogP contribution in [0.4, 0.5) is 0 Å². The molecular formula is C16H18N4. The predicted molar refractivity (Wildman–Crippen MR) is 77.6 cm³/mol. The summed E-state index contributed by atoms with van der Waals surface area (Å²) in [6, 6.07) is 10.2. The number of nitriles is 1. The Bertz CT molecular complexity index is 633. The van der Waals surface area contributed by atoms with Gasteiger partial charge in [0.15, 0.2) is 0 Å². The second-order valence-electron chi connectivity index (χ2n) is 5.12. The van der Waals surface area contributed by atoms with E-state index in [4.69, 9.17) is 5.26 Å². The number of aromatic nitrogens is 2. The van der Waals surface area contributed by atoms with Gasteiger partial charge in [0.05, 0.1) is 23.5 Å². The van der Waals surface area contributed by atoms with E-state index in [1.165, 1.54) is 24.1 Å². The van der Waals surface area contributed by atoms with Crippen molar-refractivity contribution in [3.8, 4) is 11.8 Å². The molecule has 4 nitrogen and oxygen atoms in total. The van der Waals surface area contributed by atoms with Crippen LogP contribution in [0.15, 0.2) is 30.5 Å². The van der Waals surface area contributed by atoms with Crippen LogP contribution >= 0.6 is 0 Å². The Labute approximate surface area is 119 Å². The highest BCUT2D eigenvalue weighted by atomic mass is 15.3. The molecule has 102 valence electrons. The van der Waals surface area contributed by atoms with Gasteiger partial charge in [-0.2, -0.15) is 10.4 Å². The molecule has 1 unspecified atom stereocenters. The van der Waals surface area contributed by atoms with Gasteiger partial charge in [-0.3, -0.25) is 0 Å². The molecule has 4 heteroatoms. The Hall–Kier alpha value is -2.12. The van der Waals surface area contributed by atoms with Gasteiger partial charge in [-0.25, -0.2) is 4.68 Å². The Morgan fingerprint density at radius 3 is 2.90 bits per heavy atom. The zero-order valence-electron chi connectivity index (χ0n) is 11.6. The van der Waals surface area contributed by atoms with Crippen molar-refractivity contribution in [2.75, 3.05) is 6.54 Å². The van der Waals surface area contributed by atoms with E-state index in [1.807, 2.05) is 35.1 Å². The molecule has 1 aromatic carbocycles. The van der Waals surface area contributed by atoms with Gasteiger partial charge in [-0.05, 0) is 50.1 Å². The fourth-order valence-electron chi connectivity index (χ4n) is 2.91. The molecule has 0 fully saturated rings. The van der Waals surface area contributed by atoms with E-state index in [0.29, 0.717) is 11.6 Å². The average Bonchev–Trinajstić information content (AvgIpc) is 2.93. The SMILES string of the molecule is CCNC1CCCc2c1cnn2-c1ccc(C#N)cc1. The summed E-state index contributed by atoms with van der Waals surface area (Å²) in [5.74, 6) is 0. The maximum atomic E-state index is 8.86. The lowest BCUT2D eigenvalue weighted by molar-refractivity contribution is 0.467. The van der Waals surface area contributed by atoms with Gasteiger partial charge in [0, 0.05) is 17.3 Å². The van der Waals surface area contributed by atoms with E-state index in [0.717, 1.165) is 18.7 Å². The van der Waals surface area contributed by atoms with E-state index in [2.05, 4.69) is 23.4 Å². The highest BCUT2D eigenvalue weighted by molar-refractivity contribution is 5.41. The third kappa shape index (κ3) is 2.21. The summed E-state index contributed by atoms with van der Waals surface area (Å²) in [7, 11) is 0. The monoisotopic (exact) mass is 266 g/mol. The van der Waals surface area contributed by atoms with Crippen molar-refractivity contribution in [3.05, 3.63) is 47.3 Å². The molecule has 1 atom stereocenters. The van der Waals surface area contributed by atoms with Crippen molar-refractivity contribution >= 4 is 0 Å². The van der Waals surface area contributed by atoms with Crippen molar-refractivity contribution in [1.29, 1.82) is 5.26 Å². The number of nitrogens with one attached hydrogen (secondary N) is 1. The second kappa shape index (κ2) is 5.48. The Morgan fingerprint density at radius 2 is 2.20 bits per heavy atom. The first-order valence-corrected chi connectivity index (χ1v) is 7.14. The zero-order valence-corrected chi connectivity index (χ0v) is 11.6. The lowest BCUT2D eigenvalue weighted by Crippen LogP contribution is -2.24. The largest absolute Gasteiger partial charge is 0.310 e. The third-order valence-electron chi connectivity index (χ3n) is 3.87. The smallest absolute Gasteiger partial charge is 0.0991 e. The number of fused-ring (bicyclic) bond motifs is 1. The molecule has 0 amide bonds. The molecule has 0 saturated carbocycles. The Morgan fingerprint density at radius 1 is 1.40 bits per heavy atom. The molecule has 0 bridgehead atoms. The van der Waals surface area contributed by atoms with Gasteiger partial charge in [-0.15, -0.1) is 0 Å². The van der Waals surface area contributed by atoms with Gasteiger partial charge < -0.3 is 5.32 Å². The molecule has 2 aromatic rings. The van der Waals surface area contributed by atoms with Crippen LogP contribution in [-0.4, -0.2) is 16.3 Å². The first-order chi connectivity index (χ1) is 9.83. The quantitative estimate of drug-likeness (QED) is 0.929. The number of hydrogen-bond acceptors (Lipinski definition) is 3. The van der Waals surface area contributed by atoms with Gasteiger partial charge in [0.2, 0.25) is 0 Å². The fraction of sp³-hybridized carbons (Fsp3) is 0.375. The molecule has 0 radical (unpaired) electrons. The van der Waals surface area contributed by atoms with Crippen molar-refractivity contribution in [2.24, 2.45) is 0 Å². The first kappa shape index (κ1) is 12.9. The molecule has 0 aliphatic heterocycles. The molecule has 3 rings (SSSR count). The molecule has 0 saturated heterocycles. The summed E-state index contributed by atoms with van der Waals surface area (Å²) in [4.78, 5) is 0. The van der Waals surface area contributed by atoms with Gasteiger partial charge in [0.25, 0.3) is 0 Å². The standard InChI is InChI=1S/C16H18N4/c1-2-18-15-4-3-5-16-14(15)11-19-20(16)13-8-6-12(10-17)7-9-13/h6-9,11,15,18H,2-5H2,1H3. The van der Waals surface area contributed by atoms with Crippen LogP contribution in [-0.2, 0) is 6.42 Å². The second-order valence-corrected chi connectivity index (χ2v) is 5.12. The molecule has 1 aliphatic rings. The van der Waals surface area contributed by atoms with Crippen LogP contribution < -0.4 is 5.32 Å². The van der Waals surface area contributed by atoms with Crippen LogP contribution in [0.3, 0.4) is 0 Å². The highest BCUT2D eigenvalue weighted by Crippen LogP contribution is 2.30. The highest BCUT2D eigenvalue weighted by Gasteiger charge is 2.23. The minimum absolute atomic E-state index is 0.427. The molecule has 1 aliphatic carbocycles. The van der Waals surface area contributed by atoms with E-state index < -0.39 is 0 Å². The van der Waals surface area contributed by atoms with E-state index >= 15 is 0 Å². The van der Waals surface area contributed by atoms with Crippen LogP contribution in [0.5, 0.6) is 0 Å². The third-order valence-corrected chi connectivity index (χ3v) is 3.87. The molecule has 1 heterocycles. The molecule has 1 N–H and O–H groups in total. The van der Waals surface area contributed by atoms with Crippen molar-refractivity contribution in [2.45, 2.75) is 32.2 Å². The lowest BCUT2D eigenvalue weighted by Gasteiger charge is -2.23. The van der Waals surface area contributed by atoms with E-state index in [9.17, 15) is 0 Å². The fourth-order valence-corrected chi connectivity index (χ4v) is 2.91. The van der Waals surface area contributed by atoms with E-state index in [-0.39, 0.29) is 0 Å². The Kier molecular flexibility index (Phi) is 3.53. The average molecular weight is 266 g/mol. The van der Waals surface area contributed by atoms with Gasteiger partial charge in [-0.1, -0.05) is 6.92 Å². The maximum absolute atomic E-state index is 8.86. The van der Waals surface area contributed by atoms with Crippen LogP contribution in [0, 0.1) is 11.3 Å². The van der Waals surface area contributed by atoms with Crippen molar-refractivity contribution in [1.82, 2.24) is 15.1 Å². The van der Waals surface area contributed by atoms with Crippen molar-refractivity contribution < 1.29 is 0 Å². The predicted octanol–water partition coefficient (Wildman–Crippen LogP) is 2.73. The van der Waals surface area contributed by atoms with E-state index in [1.54, 1.807) is 0 Å². The zero-order chi connectivity index (χ0) is 13.9. The minimum Gasteiger partial charge on any atom is -0.310 e. The molecule has 20 heavy (non-hydrogen) atoms. The number of rotatable bonds is 3. The maximum Gasteiger partial charge on any atom is 0.0991 e. The van der Waals surface area contributed by atoms with Crippen molar-refractivity contribution in [3.63, 3.8) is 0 Å². The van der Waals surface area contributed by atoms with Crippen LogP contribution in [0.25, 0.3) is 5.69 Å². The number of benzene rings is 1. The summed E-state index contributed by atoms with van der Waals surface area (Å²) in [5, 5.41) is 16.9. The summed E-state index contributed by atoms with van der Waals surface area (Å²) < 4.78 is 2.01. The minimum atomic E-state index is 0.427. The van der Waals surface area contributed by atoms with Crippen LogP contribution in [0.2, 0.25) is 0 Å². The molecular weight excluding hydrogens is 248 g/mol. The summed E-state index contributed by atoms with van der Waals surface area (Å²) in [6.45, 7) is 3.12. The normalized spacial score (nSPS) is 17.5. The topological polar surface area (TPSA) is 53.6 Å². The van der Waals surface area contributed by atoms with Gasteiger partial charge in [0.1, 0.15) is 0 Å². The molecule has 0 spiro atoms. The first-order valence-electron chi connectivity index (χ1n) is 7.14. The number of nitrogens with zero attached hydrogens (tertiary/aromatic N) is 3. The lowest BCUT2D eigenvalue weighted by atomic mass is 9.93. The van der Waals surface area contributed by atoms with Crippen LogP contribution in [0.1, 0.15) is 42.6 Å². The summed E-state index contributed by atoms with van der Waals surface area (Å²) in [5.41, 5.74) is 4.33. The number of hydrogen-bond donors (Lipinski definition) is 1. The summed E-state index contributed by atoms with van der Waals surface area (Å²) in [6.07, 6.45) is 5.42.